The van der Waals surface area contributed by atoms with Gasteiger partial charge in [0, 0.05) is 14.3 Å². The number of H-pyrrole nitrogens is 1. The molecule has 0 amide bonds. The predicted molar refractivity (Wildman–Crippen MR) is 125 cm³/mol. The molecule has 0 spiro atoms. The standard InChI is InChI=1S/C10H7BrClFN2O.C10H8BrFN2O2/c1-2-16-10-14-8-6(9(12)15-10)3-5(11)4-7(8)13;1-2-16-10-13-8-6(9(15)14-10)3-5(11)4-7(8)12/h3-4H,2H2,1H3;3-4H,2H2,1H3,(H,13,14,15). The second kappa shape index (κ2) is 10.5. The summed E-state index contributed by atoms with van der Waals surface area (Å²) in [5.41, 5.74) is -0.254. The fourth-order valence-electron chi connectivity index (χ4n) is 2.65. The lowest BCUT2D eigenvalue weighted by molar-refractivity contribution is 0.312. The molecule has 0 saturated carbocycles. The number of nitrogens with one attached hydrogen (secondary N) is 1. The molecule has 4 rings (SSSR count). The van der Waals surface area contributed by atoms with Crippen LogP contribution in [0.5, 0.6) is 12.0 Å². The van der Waals surface area contributed by atoms with Crippen LogP contribution >= 0.6 is 43.5 Å². The molecule has 0 saturated heterocycles. The summed E-state index contributed by atoms with van der Waals surface area (Å²) in [6, 6.07) is 5.87. The van der Waals surface area contributed by atoms with E-state index in [-0.39, 0.29) is 33.6 Å². The first kappa shape index (κ1) is 24.3. The van der Waals surface area contributed by atoms with Crippen LogP contribution in [-0.4, -0.2) is 33.1 Å². The Morgan fingerprint density at radius 1 is 0.906 bits per heavy atom. The molecule has 4 aromatic rings. The van der Waals surface area contributed by atoms with Crippen molar-refractivity contribution in [2.24, 2.45) is 0 Å². The van der Waals surface area contributed by atoms with Crippen LogP contribution in [0.3, 0.4) is 0 Å². The second-order valence-electron chi connectivity index (χ2n) is 6.10. The summed E-state index contributed by atoms with van der Waals surface area (Å²) in [6.07, 6.45) is 0. The van der Waals surface area contributed by atoms with Crippen LogP contribution in [0.15, 0.2) is 38.0 Å². The van der Waals surface area contributed by atoms with E-state index in [2.05, 4.69) is 51.8 Å². The average molecular weight is 593 g/mol. The Hall–Kier alpha value is -2.37. The van der Waals surface area contributed by atoms with E-state index in [0.717, 1.165) is 0 Å². The van der Waals surface area contributed by atoms with Crippen LogP contribution in [0, 0.1) is 11.6 Å². The lowest BCUT2D eigenvalue weighted by Crippen LogP contribution is -2.11. The van der Waals surface area contributed by atoms with E-state index in [1.807, 2.05) is 0 Å². The number of halogens is 5. The Morgan fingerprint density at radius 3 is 2.06 bits per heavy atom. The zero-order valence-electron chi connectivity index (χ0n) is 16.7. The molecule has 0 fully saturated rings. The summed E-state index contributed by atoms with van der Waals surface area (Å²) in [6.45, 7) is 4.30. The Morgan fingerprint density at radius 2 is 1.47 bits per heavy atom. The number of hydrogen-bond acceptors (Lipinski definition) is 6. The molecular weight excluding hydrogens is 578 g/mol. The Kier molecular flexibility index (Phi) is 7.96. The number of rotatable bonds is 4. The third-order valence-corrected chi connectivity index (χ3v) is 5.12. The van der Waals surface area contributed by atoms with Gasteiger partial charge < -0.3 is 9.47 Å². The number of fused-ring (bicyclic) bond motifs is 2. The van der Waals surface area contributed by atoms with E-state index in [1.54, 1.807) is 19.9 Å². The van der Waals surface area contributed by atoms with Gasteiger partial charge in [0.2, 0.25) is 0 Å². The molecule has 0 aliphatic rings. The third-order valence-electron chi connectivity index (χ3n) is 3.91. The van der Waals surface area contributed by atoms with Crippen molar-refractivity contribution in [1.82, 2.24) is 19.9 Å². The molecule has 168 valence electrons. The second-order valence-corrected chi connectivity index (χ2v) is 8.29. The lowest BCUT2D eigenvalue weighted by atomic mass is 10.2. The van der Waals surface area contributed by atoms with E-state index < -0.39 is 17.2 Å². The van der Waals surface area contributed by atoms with Crippen LogP contribution in [0.1, 0.15) is 13.8 Å². The molecule has 0 unspecified atom stereocenters. The van der Waals surface area contributed by atoms with Gasteiger partial charge in [-0.25, -0.2) is 8.78 Å². The summed E-state index contributed by atoms with van der Waals surface area (Å²) >= 11 is 12.2. The van der Waals surface area contributed by atoms with Gasteiger partial charge in [-0.05, 0) is 38.1 Å². The molecule has 1 N–H and O–H groups in total. The molecule has 0 bridgehead atoms. The number of aromatic amines is 1. The van der Waals surface area contributed by atoms with Crippen molar-refractivity contribution in [1.29, 1.82) is 0 Å². The fourth-order valence-corrected chi connectivity index (χ4v) is 3.72. The van der Waals surface area contributed by atoms with E-state index in [0.29, 0.717) is 27.5 Å². The maximum atomic E-state index is 13.6. The van der Waals surface area contributed by atoms with Crippen LogP contribution in [0.2, 0.25) is 5.15 Å². The van der Waals surface area contributed by atoms with Gasteiger partial charge in [0.05, 0.1) is 18.6 Å². The van der Waals surface area contributed by atoms with Crippen molar-refractivity contribution < 1.29 is 18.3 Å². The molecule has 2 aromatic heterocycles. The lowest BCUT2D eigenvalue weighted by Gasteiger charge is -2.05. The highest BCUT2D eigenvalue weighted by Crippen LogP contribution is 2.28. The fraction of sp³-hybridized carbons (Fsp3) is 0.200. The summed E-state index contributed by atoms with van der Waals surface area (Å²) in [4.78, 5) is 25.8. The van der Waals surface area contributed by atoms with Crippen LogP contribution in [0.4, 0.5) is 8.78 Å². The predicted octanol–water partition coefficient (Wildman–Crippen LogP) is 5.81. The SMILES string of the molecule is CCOc1nc(Cl)c2cc(Br)cc(F)c2n1.CCOc1nc2c(F)cc(Br)cc2c(=O)[nH]1. The molecule has 0 aliphatic carbocycles. The van der Waals surface area contributed by atoms with Crippen molar-refractivity contribution in [2.75, 3.05) is 13.2 Å². The number of aromatic nitrogens is 4. The number of hydrogen-bond donors (Lipinski definition) is 1. The minimum Gasteiger partial charge on any atom is -0.465 e. The summed E-state index contributed by atoms with van der Waals surface area (Å²) in [5, 5.41) is 0.820. The molecule has 2 aromatic carbocycles. The van der Waals surface area contributed by atoms with Crippen molar-refractivity contribution >= 4 is 65.3 Å². The molecular formula is C20H15Br2ClF2N4O3. The normalized spacial score (nSPS) is 10.7. The monoisotopic (exact) mass is 590 g/mol. The molecule has 32 heavy (non-hydrogen) atoms. The molecule has 0 atom stereocenters. The minimum atomic E-state index is -0.559. The average Bonchev–Trinajstić information content (AvgIpc) is 2.71. The van der Waals surface area contributed by atoms with Gasteiger partial charge in [-0.3, -0.25) is 9.78 Å². The van der Waals surface area contributed by atoms with Gasteiger partial charge in [0.1, 0.15) is 16.2 Å². The highest BCUT2D eigenvalue weighted by atomic mass is 79.9. The van der Waals surface area contributed by atoms with Gasteiger partial charge in [-0.1, -0.05) is 43.5 Å². The molecule has 12 heteroatoms. The first-order valence-corrected chi connectivity index (χ1v) is 11.2. The maximum absolute atomic E-state index is 13.6. The molecule has 7 nitrogen and oxygen atoms in total. The topological polar surface area (TPSA) is 90.0 Å². The van der Waals surface area contributed by atoms with Crippen molar-refractivity contribution in [3.63, 3.8) is 0 Å². The van der Waals surface area contributed by atoms with E-state index in [9.17, 15) is 13.6 Å². The van der Waals surface area contributed by atoms with Crippen LogP contribution < -0.4 is 15.0 Å². The van der Waals surface area contributed by atoms with Gasteiger partial charge in [-0.15, -0.1) is 0 Å². The number of ether oxygens (including phenoxy) is 2. The third kappa shape index (κ3) is 5.51. The Bertz CT molecular complexity index is 1350. The van der Waals surface area contributed by atoms with Crippen molar-refractivity contribution in [3.8, 4) is 12.0 Å². The van der Waals surface area contributed by atoms with Gasteiger partial charge in [0.25, 0.3) is 11.6 Å². The van der Waals surface area contributed by atoms with Crippen molar-refractivity contribution in [2.45, 2.75) is 13.8 Å². The van der Waals surface area contributed by atoms with Gasteiger partial charge >= 0.3 is 6.01 Å². The van der Waals surface area contributed by atoms with E-state index in [1.165, 1.54) is 18.2 Å². The minimum absolute atomic E-state index is 0.00963. The number of benzene rings is 2. The smallest absolute Gasteiger partial charge is 0.318 e. The first-order valence-electron chi connectivity index (χ1n) is 9.20. The zero-order chi connectivity index (χ0) is 23.4. The van der Waals surface area contributed by atoms with E-state index >= 15 is 0 Å². The van der Waals surface area contributed by atoms with E-state index in [4.69, 9.17) is 21.1 Å². The first-order chi connectivity index (χ1) is 15.2. The highest BCUT2D eigenvalue weighted by molar-refractivity contribution is 9.10. The zero-order valence-corrected chi connectivity index (χ0v) is 20.6. The summed E-state index contributed by atoms with van der Waals surface area (Å²) < 4.78 is 38.4. The highest BCUT2D eigenvalue weighted by Gasteiger charge is 2.12. The Balaban J connectivity index is 0.000000181. The maximum Gasteiger partial charge on any atom is 0.318 e. The van der Waals surface area contributed by atoms with Crippen molar-refractivity contribution in [3.05, 3.63) is 60.4 Å². The largest absolute Gasteiger partial charge is 0.465 e. The molecule has 0 aliphatic heterocycles. The van der Waals surface area contributed by atoms with Crippen LogP contribution in [-0.2, 0) is 0 Å². The molecule has 0 radical (unpaired) electrons. The Labute approximate surface area is 202 Å². The quantitative estimate of drug-likeness (QED) is 0.301. The molecule has 2 heterocycles. The van der Waals surface area contributed by atoms with Gasteiger partial charge in [0.15, 0.2) is 11.6 Å². The van der Waals surface area contributed by atoms with Gasteiger partial charge in [-0.2, -0.15) is 15.0 Å². The van der Waals surface area contributed by atoms with Crippen LogP contribution in [0.25, 0.3) is 21.8 Å². The summed E-state index contributed by atoms with van der Waals surface area (Å²) in [5.74, 6) is -1.02. The summed E-state index contributed by atoms with van der Waals surface area (Å²) in [7, 11) is 0. The number of nitrogens with zero attached hydrogens (tertiary/aromatic N) is 3.